The highest BCUT2D eigenvalue weighted by molar-refractivity contribution is 5.83. The van der Waals surface area contributed by atoms with Crippen molar-refractivity contribution in [2.45, 2.75) is 32.4 Å². The van der Waals surface area contributed by atoms with Crippen LogP contribution in [-0.2, 0) is 11.3 Å². The zero-order valence-corrected chi connectivity index (χ0v) is 16.3. The highest BCUT2D eigenvalue weighted by Gasteiger charge is 2.22. The molecule has 0 spiro atoms. The van der Waals surface area contributed by atoms with Crippen LogP contribution >= 0.6 is 0 Å². The molecule has 1 aliphatic heterocycles. The molecule has 4 N–H and O–H groups in total. The Hall–Kier alpha value is -3.33. The first-order chi connectivity index (χ1) is 14.1. The smallest absolute Gasteiger partial charge is 0.244 e. The number of fused-ring (bicyclic) bond motifs is 1. The van der Waals surface area contributed by atoms with E-state index in [2.05, 4.69) is 30.8 Å². The van der Waals surface area contributed by atoms with Crippen molar-refractivity contribution in [1.82, 2.24) is 25.1 Å². The molecule has 29 heavy (non-hydrogen) atoms. The molecule has 9 nitrogen and oxygen atoms in total. The molecule has 1 aliphatic rings. The van der Waals surface area contributed by atoms with Gasteiger partial charge in [-0.3, -0.25) is 9.78 Å². The van der Waals surface area contributed by atoms with Crippen molar-refractivity contribution in [3.05, 3.63) is 42.2 Å². The molecule has 3 heterocycles. The molecule has 0 radical (unpaired) electrons. The number of carbonyl (C=O) groups excluding carboxylic acids is 1. The molecule has 1 saturated heterocycles. The minimum Gasteiger partial charge on any atom is -0.348 e. The monoisotopic (exact) mass is 392 g/mol. The third-order valence-electron chi connectivity index (χ3n) is 5.02. The van der Waals surface area contributed by atoms with E-state index in [1.807, 2.05) is 35.2 Å². The minimum absolute atomic E-state index is 0.0853. The lowest BCUT2D eigenvalue weighted by Gasteiger charge is -2.32. The lowest BCUT2D eigenvalue weighted by atomic mass is 10.1. The van der Waals surface area contributed by atoms with E-state index < -0.39 is 0 Å². The predicted octanol–water partition coefficient (Wildman–Crippen LogP) is 2.04. The molecule has 3 aromatic rings. The minimum atomic E-state index is 0.0853. The summed E-state index contributed by atoms with van der Waals surface area (Å²) in [5.41, 5.74) is 8.19. The third kappa shape index (κ3) is 4.40. The Kier molecular flexibility index (Phi) is 5.48. The number of amides is 1. The van der Waals surface area contributed by atoms with Gasteiger partial charge in [-0.25, -0.2) is 0 Å². The van der Waals surface area contributed by atoms with Gasteiger partial charge in [0.15, 0.2) is 5.82 Å². The molecule has 0 bridgehead atoms. The van der Waals surface area contributed by atoms with Crippen LogP contribution in [-0.4, -0.2) is 50.1 Å². The summed E-state index contributed by atoms with van der Waals surface area (Å²) in [4.78, 5) is 22.4. The van der Waals surface area contributed by atoms with E-state index in [0.29, 0.717) is 24.0 Å². The summed E-state index contributed by atoms with van der Waals surface area (Å²) in [6.07, 6.45) is 3.67. The van der Waals surface area contributed by atoms with Gasteiger partial charge in [-0.05, 0) is 37.1 Å². The average Bonchev–Trinajstić information content (AvgIpc) is 2.74. The highest BCUT2D eigenvalue weighted by Crippen LogP contribution is 2.22. The molecular weight excluding hydrogens is 368 g/mol. The molecule has 4 rings (SSSR count). The molecule has 1 aromatic carbocycles. The van der Waals surface area contributed by atoms with Crippen LogP contribution in [0.4, 0.5) is 17.5 Å². The molecule has 0 unspecified atom stereocenters. The van der Waals surface area contributed by atoms with Gasteiger partial charge in [0.1, 0.15) is 5.69 Å². The molecule has 0 aliphatic carbocycles. The molecule has 150 valence electrons. The van der Waals surface area contributed by atoms with Gasteiger partial charge in [0.05, 0.1) is 5.52 Å². The number of piperidine rings is 1. The van der Waals surface area contributed by atoms with E-state index in [1.54, 1.807) is 13.1 Å². The van der Waals surface area contributed by atoms with Crippen molar-refractivity contribution in [2.75, 3.05) is 23.7 Å². The van der Waals surface area contributed by atoms with Crippen molar-refractivity contribution >= 4 is 34.3 Å². The molecular formula is C20H24N8O. The van der Waals surface area contributed by atoms with Crippen molar-refractivity contribution in [3.63, 3.8) is 0 Å². The summed E-state index contributed by atoms with van der Waals surface area (Å²) < 4.78 is 0. The first kappa shape index (κ1) is 19.0. The Bertz CT molecular complexity index is 1020. The second-order valence-corrected chi connectivity index (χ2v) is 7.12. The summed E-state index contributed by atoms with van der Waals surface area (Å²) in [5, 5.41) is 16.0. The van der Waals surface area contributed by atoms with Crippen LogP contribution in [0.25, 0.3) is 10.9 Å². The number of benzene rings is 1. The Morgan fingerprint density at radius 3 is 3.03 bits per heavy atom. The second kappa shape index (κ2) is 8.36. The topological polar surface area (TPSA) is 122 Å². The summed E-state index contributed by atoms with van der Waals surface area (Å²) in [5.74, 6) is 1.07. The number of aromatic nitrogens is 4. The molecule has 1 amide bonds. The number of rotatable bonds is 5. The number of nitrogens with zero attached hydrogens (tertiary/aromatic N) is 5. The largest absolute Gasteiger partial charge is 0.348 e. The van der Waals surface area contributed by atoms with Gasteiger partial charge in [-0.15, -0.1) is 10.2 Å². The van der Waals surface area contributed by atoms with Crippen LogP contribution in [0.5, 0.6) is 0 Å². The maximum Gasteiger partial charge on any atom is 0.244 e. The predicted molar refractivity (Wildman–Crippen MR) is 112 cm³/mol. The maximum atomic E-state index is 11.7. The molecule has 1 atom stereocenters. The second-order valence-electron chi connectivity index (χ2n) is 7.12. The summed E-state index contributed by atoms with van der Waals surface area (Å²) in [6, 6.07) is 9.90. The number of pyridine rings is 1. The lowest BCUT2D eigenvalue weighted by Crippen LogP contribution is -2.44. The van der Waals surface area contributed by atoms with Crippen molar-refractivity contribution in [3.8, 4) is 0 Å². The number of carbonyl (C=O) groups is 1. The van der Waals surface area contributed by atoms with Gasteiger partial charge in [0, 0.05) is 49.9 Å². The zero-order valence-electron chi connectivity index (χ0n) is 16.3. The number of nitrogens with one attached hydrogen (secondary N) is 2. The number of likely N-dealkylation sites (tertiary alicyclic amines) is 1. The fourth-order valence-corrected chi connectivity index (χ4v) is 3.50. The van der Waals surface area contributed by atoms with E-state index in [-0.39, 0.29) is 18.5 Å². The standard InChI is InChI=1S/C20H24N8O/c1-13(29)28-9-3-5-16(12-28)24-20-25-19(18(11-21)26-27-20)23-15-6-7-17-14(10-15)4-2-8-22-17/h2,4,6-8,10,16H,3,5,9,11-12,21H2,1H3,(H2,23,24,25,27)/t16-/m1/s1. The van der Waals surface area contributed by atoms with E-state index >= 15 is 0 Å². The van der Waals surface area contributed by atoms with Crippen LogP contribution in [0, 0.1) is 0 Å². The van der Waals surface area contributed by atoms with Crippen LogP contribution in [0.15, 0.2) is 36.5 Å². The van der Waals surface area contributed by atoms with Gasteiger partial charge >= 0.3 is 0 Å². The van der Waals surface area contributed by atoms with Crippen molar-refractivity contribution in [2.24, 2.45) is 5.73 Å². The van der Waals surface area contributed by atoms with E-state index in [0.717, 1.165) is 36.0 Å². The maximum absolute atomic E-state index is 11.7. The summed E-state index contributed by atoms with van der Waals surface area (Å²) in [6.45, 7) is 3.25. The Morgan fingerprint density at radius 1 is 1.31 bits per heavy atom. The van der Waals surface area contributed by atoms with Crippen molar-refractivity contribution in [1.29, 1.82) is 0 Å². The number of anilines is 3. The average molecular weight is 392 g/mol. The van der Waals surface area contributed by atoms with E-state index in [9.17, 15) is 4.79 Å². The molecule has 9 heteroatoms. The summed E-state index contributed by atoms with van der Waals surface area (Å²) >= 11 is 0. The van der Waals surface area contributed by atoms with E-state index in [1.165, 1.54) is 0 Å². The highest BCUT2D eigenvalue weighted by atomic mass is 16.2. The first-order valence-electron chi connectivity index (χ1n) is 9.70. The Labute approximate surface area is 168 Å². The third-order valence-corrected chi connectivity index (χ3v) is 5.02. The van der Waals surface area contributed by atoms with Crippen LogP contribution in [0.2, 0.25) is 0 Å². The number of hydrogen-bond acceptors (Lipinski definition) is 8. The first-order valence-corrected chi connectivity index (χ1v) is 9.70. The SMILES string of the molecule is CC(=O)N1CCC[C@@H](Nc2nnc(CN)c(Nc3ccc4ncccc4c3)n2)C1. The molecule has 0 saturated carbocycles. The van der Waals surface area contributed by atoms with Gasteiger partial charge in [-0.1, -0.05) is 6.07 Å². The number of hydrogen-bond donors (Lipinski definition) is 3. The van der Waals surface area contributed by atoms with Gasteiger partial charge < -0.3 is 21.3 Å². The fourth-order valence-electron chi connectivity index (χ4n) is 3.50. The lowest BCUT2D eigenvalue weighted by molar-refractivity contribution is -0.129. The molecule has 2 aromatic heterocycles. The van der Waals surface area contributed by atoms with Gasteiger partial charge in [0.25, 0.3) is 0 Å². The fraction of sp³-hybridized carbons (Fsp3) is 0.350. The van der Waals surface area contributed by atoms with Gasteiger partial charge in [-0.2, -0.15) is 4.98 Å². The molecule has 1 fully saturated rings. The van der Waals surface area contributed by atoms with E-state index in [4.69, 9.17) is 5.73 Å². The Morgan fingerprint density at radius 2 is 2.21 bits per heavy atom. The number of nitrogens with two attached hydrogens (primary N) is 1. The Balaban J connectivity index is 1.54. The van der Waals surface area contributed by atoms with Crippen LogP contribution in [0.3, 0.4) is 0 Å². The van der Waals surface area contributed by atoms with Crippen molar-refractivity contribution < 1.29 is 4.79 Å². The van der Waals surface area contributed by atoms with Crippen LogP contribution in [0.1, 0.15) is 25.5 Å². The quantitative estimate of drug-likeness (QED) is 0.603. The normalized spacial score (nSPS) is 16.6. The summed E-state index contributed by atoms with van der Waals surface area (Å²) in [7, 11) is 0. The van der Waals surface area contributed by atoms with Gasteiger partial charge in [0.2, 0.25) is 11.9 Å². The zero-order chi connectivity index (χ0) is 20.2. The van der Waals surface area contributed by atoms with Crippen LogP contribution < -0.4 is 16.4 Å².